The van der Waals surface area contributed by atoms with E-state index in [1.165, 1.54) is 34.9 Å². The normalized spacial score (nSPS) is 15.7. The fourth-order valence-corrected chi connectivity index (χ4v) is 3.40. The van der Waals surface area contributed by atoms with Gasteiger partial charge in [-0.25, -0.2) is 14.6 Å². The molecular formula is C19H18N2O6S. The average Bonchev–Trinajstić information content (AvgIpc) is 3.24. The summed E-state index contributed by atoms with van der Waals surface area (Å²) in [5.41, 5.74) is 1.32. The van der Waals surface area contributed by atoms with Crippen LogP contribution in [-0.4, -0.2) is 53.2 Å². The summed E-state index contributed by atoms with van der Waals surface area (Å²) in [7, 11) is 0. The first-order valence-corrected chi connectivity index (χ1v) is 9.57. The molecule has 1 saturated heterocycles. The maximum atomic E-state index is 11.9. The fraction of sp³-hybridized carbons (Fsp3) is 0.263. The van der Waals surface area contributed by atoms with Crippen molar-refractivity contribution in [1.29, 1.82) is 0 Å². The molecule has 2 aromatic rings. The van der Waals surface area contributed by atoms with Crippen LogP contribution < -0.4 is 0 Å². The van der Waals surface area contributed by atoms with Crippen LogP contribution >= 0.6 is 11.8 Å². The van der Waals surface area contributed by atoms with E-state index in [4.69, 9.17) is 13.9 Å². The van der Waals surface area contributed by atoms with Gasteiger partial charge in [-0.05, 0) is 19.1 Å². The Kier molecular flexibility index (Phi) is 6.49. The highest BCUT2D eigenvalue weighted by Crippen LogP contribution is 2.28. The Balaban J connectivity index is 1.51. The first-order valence-electron chi connectivity index (χ1n) is 8.59. The molecule has 1 aliphatic rings. The number of rotatable bonds is 7. The first-order chi connectivity index (χ1) is 13.6. The SMILES string of the molecule is CCOC(=O)/C=C1\SCC(=O)N1CCOC(=O)/C=C/c1nc2ccccc2o1. The minimum atomic E-state index is -0.586. The highest BCUT2D eigenvalue weighted by Gasteiger charge is 2.27. The molecule has 0 bridgehead atoms. The molecule has 0 unspecified atom stereocenters. The third-order valence-corrected chi connectivity index (χ3v) is 4.70. The third kappa shape index (κ3) is 5.01. The number of carbonyl (C=O) groups excluding carboxylic acids is 3. The summed E-state index contributed by atoms with van der Waals surface area (Å²) in [6.07, 6.45) is 3.90. The largest absolute Gasteiger partial charge is 0.463 e. The van der Waals surface area contributed by atoms with Gasteiger partial charge in [0, 0.05) is 12.2 Å². The van der Waals surface area contributed by atoms with E-state index < -0.39 is 11.9 Å². The number of esters is 2. The molecule has 3 rings (SSSR count). The van der Waals surface area contributed by atoms with Crippen LogP contribution in [-0.2, 0) is 23.9 Å². The topological polar surface area (TPSA) is 98.9 Å². The van der Waals surface area contributed by atoms with Crippen LogP contribution in [0.2, 0.25) is 0 Å². The summed E-state index contributed by atoms with van der Waals surface area (Å²) in [6, 6.07) is 7.26. The smallest absolute Gasteiger partial charge is 0.333 e. The molecule has 0 N–H and O–H groups in total. The third-order valence-electron chi connectivity index (χ3n) is 3.67. The van der Waals surface area contributed by atoms with Gasteiger partial charge in [-0.2, -0.15) is 0 Å². The van der Waals surface area contributed by atoms with Crippen molar-refractivity contribution in [2.24, 2.45) is 0 Å². The lowest BCUT2D eigenvalue weighted by atomic mass is 10.3. The van der Waals surface area contributed by atoms with Gasteiger partial charge in [-0.3, -0.25) is 4.79 Å². The van der Waals surface area contributed by atoms with E-state index >= 15 is 0 Å². The van der Waals surface area contributed by atoms with E-state index in [0.717, 1.165) is 0 Å². The number of para-hydroxylation sites is 2. The predicted octanol–water partition coefficient (Wildman–Crippen LogP) is 2.36. The van der Waals surface area contributed by atoms with Gasteiger partial charge in [-0.15, -0.1) is 0 Å². The van der Waals surface area contributed by atoms with Crippen molar-refractivity contribution in [2.45, 2.75) is 6.92 Å². The highest BCUT2D eigenvalue weighted by molar-refractivity contribution is 8.04. The zero-order valence-corrected chi connectivity index (χ0v) is 15.9. The number of amides is 1. The van der Waals surface area contributed by atoms with Crippen LogP contribution in [0.25, 0.3) is 17.2 Å². The number of ether oxygens (including phenoxy) is 2. The van der Waals surface area contributed by atoms with Crippen LogP contribution in [0.5, 0.6) is 0 Å². The Morgan fingerprint density at radius 3 is 2.89 bits per heavy atom. The minimum absolute atomic E-state index is 0.0107. The molecule has 9 heteroatoms. The molecule has 0 aliphatic carbocycles. The summed E-state index contributed by atoms with van der Waals surface area (Å²) >= 11 is 1.24. The number of hydrogen-bond donors (Lipinski definition) is 0. The number of fused-ring (bicyclic) bond motifs is 1. The van der Waals surface area contributed by atoms with Crippen molar-refractivity contribution in [2.75, 3.05) is 25.5 Å². The Labute approximate surface area is 165 Å². The monoisotopic (exact) mass is 402 g/mol. The number of thioether (sulfide) groups is 1. The average molecular weight is 402 g/mol. The number of hydrogen-bond acceptors (Lipinski definition) is 8. The van der Waals surface area contributed by atoms with E-state index in [0.29, 0.717) is 22.0 Å². The lowest BCUT2D eigenvalue weighted by Gasteiger charge is -2.16. The number of carbonyl (C=O) groups is 3. The van der Waals surface area contributed by atoms with E-state index in [1.54, 1.807) is 19.1 Å². The highest BCUT2D eigenvalue weighted by atomic mass is 32.2. The summed E-state index contributed by atoms with van der Waals surface area (Å²) < 4.78 is 15.4. The summed E-state index contributed by atoms with van der Waals surface area (Å²) in [6.45, 7) is 2.10. The standard InChI is InChI=1S/C19H18N2O6S/c1-2-25-19(24)11-17-21(16(22)12-28-17)9-10-26-18(23)8-7-15-20-13-5-3-4-6-14(13)27-15/h3-8,11H,2,9-10,12H2,1H3/b8-7+,17-11-. The van der Waals surface area contributed by atoms with Crippen LogP contribution in [0.15, 0.2) is 45.9 Å². The zero-order valence-electron chi connectivity index (χ0n) is 15.1. The molecule has 1 amide bonds. The maximum Gasteiger partial charge on any atom is 0.333 e. The second-order valence-electron chi connectivity index (χ2n) is 5.59. The number of oxazole rings is 1. The van der Waals surface area contributed by atoms with Gasteiger partial charge in [-0.1, -0.05) is 23.9 Å². The molecule has 0 atom stereocenters. The van der Waals surface area contributed by atoms with Gasteiger partial charge >= 0.3 is 11.9 Å². The first kappa shape index (κ1) is 19.7. The van der Waals surface area contributed by atoms with Gasteiger partial charge in [0.1, 0.15) is 12.1 Å². The molecule has 8 nitrogen and oxygen atoms in total. The van der Waals surface area contributed by atoms with Gasteiger partial charge in [0.2, 0.25) is 11.8 Å². The fourth-order valence-electron chi connectivity index (χ4n) is 2.44. The number of nitrogens with zero attached hydrogens (tertiary/aromatic N) is 2. The molecule has 1 aliphatic heterocycles. The summed E-state index contributed by atoms with van der Waals surface area (Å²) in [5, 5.41) is 0.488. The lowest BCUT2D eigenvalue weighted by molar-refractivity contribution is -0.140. The molecular weight excluding hydrogens is 384 g/mol. The zero-order chi connectivity index (χ0) is 19.9. The molecule has 1 aromatic heterocycles. The second kappa shape index (κ2) is 9.23. The minimum Gasteiger partial charge on any atom is -0.463 e. The molecule has 0 spiro atoms. The Morgan fingerprint density at radius 2 is 2.11 bits per heavy atom. The number of aromatic nitrogens is 1. The Hall–Kier alpha value is -3.07. The van der Waals surface area contributed by atoms with Crippen molar-refractivity contribution in [3.63, 3.8) is 0 Å². The van der Waals surface area contributed by atoms with Gasteiger partial charge < -0.3 is 18.8 Å². The molecule has 1 fully saturated rings. The lowest BCUT2D eigenvalue weighted by Crippen LogP contribution is -2.29. The van der Waals surface area contributed by atoms with Crippen molar-refractivity contribution >= 4 is 46.8 Å². The van der Waals surface area contributed by atoms with Crippen molar-refractivity contribution in [3.05, 3.63) is 47.3 Å². The van der Waals surface area contributed by atoms with Gasteiger partial charge in [0.15, 0.2) is 5.58 Å². The van der Waals surface area contributed by atoms with Crippen LogP contribution in [0.1, 0.15) is 12.8 Å². The Morgan fingerprint density at radius 1 is 1.29 bits per heavy atom. The van der Waals surface area contributed by atoms with Gasteiger partial charge in [0.25, 0.3) is 0 Å². The van der Waals surface area contributed by atoms with Crippen molar-refractivity contribution < 1.29 is 28.3 Å². The van der Waals surface area contributed by atoms with Crippen molar-refractivity contribution in [1.82, 2.24) is 9.88 Å². The maximum absolute atomic E-state index is 11.9. The molecule has 28 heavy (non-hydrogen) atoms. The molecule has 146 valence electrons. The van der Waals surface area contributed by atoms with E-state index in [2.05, 4.69) is 4.98 Å². The predicted molar refractivity (Wildman–Crippen MR) is 103 cm³/mol. The van der Waals surface area contributed by atoms with E-state index in [1.807, 2.05) is 12.1 Å². The molecule has 0 radical (unpaired) electrons. The molecule has 0 saturated carbocycles. The summed E-state index contributed by atoms with van der Waals surface area (Å²) in [5.74, 6) is -0.723. The van der Waals surface area contributed by atoms with Crippen LogP contribution in [0, 0.1) is 0 Å². The van der Waals surface area contributed by atoms with Gasteiger partial charge in [0.05, 0.1) is 30.0 Å². The van der Waals surface area contributed by atoms with E-state index in [-0.39, 0.29) is 31.4 Å². The van der Waals surface area contributed by atoms with Crippen molar-refractivity contribution in [3.8, 4) is 0 Å². The van der Waals surface area contributed by atoms with E-state index in [9.17, 15) is 14.4 Å². The summed E-state index contributed by atoms with van der Waals surface area (Å²) in [4.78, 5) is 41.0. The van der Waals surface area contributed by atoms with Crippen LogP contribution in [0.3, 0.4) is 0 Å². The molecule has 1 aromatic carbocycles. The number of benzene rings is 1. The van der Waals surface area contributed by atoms with Crippen LogP contribution in [0.4, 0.5) is 0 Å². The Bertz CT molecular complexity index is 916. The quantitative estimate of drug-likeness (QED) is 0.514. The molecule has 2 heterocycles. The second-order valence-corrected chi connectivity index (χ2v) is 6.58.